The van der Waals surface area contributed by atoms with Gasteiger partial charge in [-0.15, -0.1) is 0 Å². The average molecular weight is 275 g/mol. The molecule has 2 rings (SSSR count). The van der Waals surface area contributed by atoms with Crippen molar-refractivity contribution in [2.45, 2.75) is 25.3 Å². The van der Waals surface area contributed by atoms with E-state index >= 15 is 0 Å². The second-order valence-corrected chi connectivity index (χ2v) is 7.09. The third-order valence-corrected chi connectivity index (χ3v) is 5.53. The van der Waals surface area contributed by atoms with Gasteiger partial charge in [-0.3, -0.25) is 4.79 Å². The number of rotatable bonds is 3. The largest absolute Gasteiger partial charge is 0.345 e. The number of nitrogens with one attached hydrogen (secondary N) is 1. The molecular formula is C11H21N3O3S. The van der Waals surface area contributed by atoms with Crippen molar-refractivity contribution < 1.29 is 13.2 Å². The average Bonchev–Trinajstić information content (AvgIpc) is 2.72. The molecule has 104 valence electrons. The van der Waals surface area contributed by atoms with Gasteiger partial charge in [-0.25, -0.2) is 8.42 Å². The zero-order valence-electron chi connectivity index (χ0n) is 10.8. The van der Waals surface area contributed by atoms with Crippen LogP contribution in [0.2, 0.25) is 0 Å². The summed E-state index contributed by atoms with van der Waals surface area (Å²) in [6, 6.07) is 0.0473. The number of hydrogen-bond acceptors (Lipinski definition) is 4. The fourth-order valence-electron chi connectivity index (χ4n) is 2.46. The minimum absolute atomic E-state index is 0.00838. The Kier molecular flexibility index (Phi) is 4.24. The highest BCUT2D eigenvalue weighted by molar-refractivity contribution is 7.89. The molecule has 0 aliphatic carbocycles. The Hall–Kier alpha value is -0.660. The molecule has 2 heterocycles. The summed E-state index contributed by atoms with van der Waals surface area (Å²) in [5.41, 5.74) is 0. The van der Waals surface area contributed by atoms with Crippen molar-refractivity contribution in [3.05, 3.63) is 0 Å². The van der Waals surface area contributed by atoms with Crippen LogP contribution in [0.4, 0.5) is 0 Å². The Labute approximate surface area is 108 Å². The number of carbonyl (C=O) groups is 1. The van der Waals surface area contributed by atoms with Crippen LogP contribution in [0.1, 0.15) is 19.3 Å². The Morgan fingerprint density at radius 2 is 2.11 bits per heavy atom. The second-order valence-electron chi connectivity index (χ2n) is 5.07. The lowest BCUT2D eigenvalue weighted by molar-refractivity contribution is -0.129. The summed E-state index contributed by atoms with van der Waals surface area (Å²) in [7, 11) is -1.60. The predicted molar refractivity (Wildman–Crippen MR) is 68.6 cm³/mol. The van der Waals surface area contributed by atoms with E-state index < -0.39 is 10.0 Å². The summed E-state index contributed by atoms with van der Waals surface area (Å²) in [5, 5.41) is 3.19. The first-order valence-corrected chi connectivity index (χ1v) is 8.05. The van der Waals surface area contributed by atoms with Gasteiger partial charge in [0, 0.05) is 26.2 Å². The van der Waals surface area contributed by atoms with Crippen LogP contribution in [0.3, 0.4) is 0 Å². The van der Waals surface area contributed by atoms with E-state index in [2.05, 4.69) is 5.32 Å². The summed E-state index contributed by atoms with van der Waals surface area (Å²) >= 11 is 0. The molecule has 1 amide bonds. The predicted octanol–water partition coefficient (Wildman–Crippen LogP) is -0.768. The summed E-state index contributed by atoms with van der Waals surface area (Å²) in [6.07, 6.45) is 2.64. The monoisotopic (exact) mass is 275 g/mol. The molecule has 1 atom stereocenters. The van der Waals surface area contributed by atoms with Gasteiger partial charge in [-0.05, 0) is 25.8 Å². The van der Waals surface area contributed by atoms with Crippen molar-refractivity contribution in [3.8, 4) is 0 Å². The Morgan fingerprint density at radius 1 is 1.33 bits per heavy atom. The summed E-state index contributed by atoms with van der Waals surface area (Å²) < 4.78 is 25.9. The molecule has 0 saturated carbocycles. The zero-order valence-corrected chi connectivity index (χ0v) is 11.6. The fourth-order valence-corrected chi connectivity index (χ4v) is 4.17. The van der Waals surface area contributed by atoms with Gasteiger partial charge in [0.1, 0.15) is 0 Å². The Morgan fingerprint density at radius 3 is 2.78 bits per heavy atom. The van der Waals surface area contributed by atoms with E-state index in [1.54, 1.807) is 11.9 Å². The number of nitrogens with zero attached hydrogens (tertiary/aromatic N) is 2. The first-order chi connectivity index (χ1) is 8.49. The van der Waals surface area contributed by atoms with Crippen LogP contribution in [0.25, 0.3) is 0 Å². The Bertz CT molecular complexity index is 404. The minimum atomic E-state index is -3.32. The van der Waals surface area contributed by atoms with Crippen LogP contribution in [0, 0.1) is 0 Å². The zero-order chi connectivity index (χ0) is 13.2. The molecule has 0 radical (unpaired) electrons. The molecule has 7 heteroatoms. The molecule has 18 heavy (non-hydrogen) atoms. The van der Waals surface area contributed by atoms with Gasteiger partial charge in [0.25, 0.3) is 0 Å². The molecule has 2 aliphatic rings. The van der Waals surface area contributed by atoms with E-state index in [1.807, 2.05) is 0 Å². The summed E-state index contributed by atoms with van der Waals surface area (Å²) in [4.78, 5) is 13.3. The molecule has 0 aromatic carbocycles. The number of amides is 1. The molecule has 0 spiro atoms. The molecule has 6 nitrogen and oxygen atoms in total. The first kappa shape index (κ1) is 13.8. The van der Waals surface area contributed by atoms with Crippen molar-refractivity contribution in [3.63, 3.8) is 0 Å². The summed E-state index contributed by atoms with van der Waals surface area (Å²) in [5.74, 6) is -0.000245. The quantitative estimate of drug-likeness (QED) is 0.734. The fraction of sp³-hybridized carbons (Fsp3) is 0.909. The SMILES string of the molecule is CN1CCCN(S(=O)(=O)CC2CCCN2)CC1=O. The van der Waals surface area contributed by atoms with E-state index in [0.29, 0.717) is 19.5 Å². The number of likely N-dealkylation sites (N-methyl/N-ethyl adjacent to an activating group) is 1. The highest BCUT2D eigenvalue weighted by Crippen LogP contribution is 2.13. The number of hydrogen-bond donors (Lipinski definition) is 1. The maximum atomic E-state index is 12.3. The molecule has 2 aliphatic heterocycles. The molecule has 1 unspecified atom stereocenters. The standard InChI is InChI=1S/C11H21N3O3S/c1-13-6-3-7-14(8-11(13)15)18(16,17)9-10-4-2-5-12-10/h10,12H,2-9H2,1H3. The topological polar surface area (TPSA) is 69.7 Å². The maximum Gasteiger partial charge on any atom is 0.237 e. The highest BCUT2D eigenvalue weighted by atomic mass is 32.2. The van der Waals surface area contributed by atoms with Crippen LogP contribution in [0.15, 0.2) is 0 Å². The van der Waals surface area contributed by atoms with Crippen molar-refractivity contribution in [1.82, 2.24) is 14.5 Å². The van der Waals surface area contributed by atoms with Crippen LogP contribution < -0.4 is 5.32 Å². The lowest BCUT2D eigenvalue weighted by Crippen LogP contribution is -2.42. The first-order valence-electron chi connectivity index (χ1n) is 6.44. The third kappa shape index (κ3) is 3.21. The van der Waals surface area contributed by atoms with Crippen molar-refractivity contribution in [2.24, 2.45) is 0 Å². The van der Waals surface area contributed by atoms with E-state index in [9.17, 15) is 13.2 Å². The molecular weight excluding hydrogens is 254 g/mol. The van der Waals surface area contributed by atoms with Gasteiger partial charge in [-0.1, -0.05) is 0 Å². The normalized spacial score (nSPS) is 27.5. The van der Waals surface area contributed by atoms with Gasteiger partial charge in [0.15, 0.2) is 0 Å². The van der Waals surface area contributed by atoms with E-state index in [-0.39, 0.29) is 24.2 Å². The van der Waals surface area contributed by atoms with Crippen LogP contribution in [-0.4, -0.2) is 68.6 Å². The molecule has 2 fully saturated rings. The van der Waals surface area contributed by atoms with Crippen molar-refractivity contribution in [1.29, 1.82) is 0 Å². The Balaban J connectivity index is 2.01. The smallest absolute Gasteiger partial charge is 0.237 e. The molecule has 1 N–H and O–H groups in total. The van der Waals surface area contributed by atoms with Crippen LogP contribution >= 0.6 is 0 Å². The van der Waals surface area contributed by atoms with Crippen LogP contribution in [-0.2, 0) is 14.8 Å². The molecule has 2 saturated heterocycles. The maximum absolute atomic E-state index is 12.3. The minimum Gasteiger partial charge on any atom is -0.345 e. The second kappa shape index (κ2) is 5.54. The lowest BCUT2D eigenvalue weighted by Gasteiger charge is -2.21. The third-order valence-electron chi connectivity index (χ3n) is 3.61. The van der Waals surface area contributed by atoms with E-state index in [4.69, 9.17) is 0 Å². The van der Waals surface area contributed by atoms with Gasteiger partial charge >= 0.3 is 0 Å². The van der Waals surface area contributed by atoms with E-state index in [0.717, 1.165) is 19.4 Å². The van der Waals surface area contributed by atoms with Crippen LogP contribution in [0.5, 0.6) is 0 Å². The number of sulfonamides is 1. The van der Waals surface area contributed by atoms with Gasteiger partial charge in [0.05, 0.1) is 12.3 Å². The highest BCUT2D eigenvalue weighted by Gasteiger charge is 2.31. The van der Waals surface area contributed by atoms with E-state index in [1.165, 1.54) is 4.31 Å². The van der Waals surface area contributed by atoms with Gasteiger partial charge in [-0.2, -0.15) is 4.31 Å². The number of carbonyl (C=O) groups excluding carboxylic acids is 1. The lowest BCUT2D eigenvalue weighted by atomic mass is 10.3. The van der Waals surface area contributed by atoms with Gasteiger partial charge < -0.3 is 10.2 Å². The van der Waals surface area contributed by atoms with Crippen molar-refractivity contribution >= 4 is 15.9 Å². The van der Waals surface area contributed by atoms with Crippen molar-refractivity contribution in [2.75, 3.05) is 39.0 Å². The molecule has 0 aromatic rings. The summed E-state index contributed by atoms with van der Waals surface area (Å²) in [6.45, 7) is 1.96. The molecule has 0 aromatic heterocycles. The molecule has 0 bridgehead atoms. The van der Waals surface area contributed by atoms with Gasteiger partial charge in [0.2, 0.25) is 15.9 Å².